The maximum absolute atomic E-state index is 5.96. The van der Waals surface area contributed by atoms with Crippen LogP contribution in [-0.2, 0) is 9.31 Å². The van der Waals surface area contributed by atoms with E-state index in [1.807, 2.05) is 33.8 Å². The van der Waals surface area contributed by atoms with Crippen LogP contribution >= 0.6 is 0 Å². The van der Waals surface area contributed by atoms with Crippen LogP contribution in [0.4, 0.5) is 0 Å². The Kier molecular flexibility index (Phi) is 4.11. The Balaban J connectivity index is 2.18. The molecule has 0 spiro atoms. The molecule has 21 heavy (non-hydrogen) atoms. The van der Waals surface area contributed by atoms with Crippen LogP contribution in [0.15, 0.2) is 33.8 Å². The molecule has 7 nitrogen and oxygen atoms in total. The fourth-order valence-electron chi connectivity index (χ4n) is 1.82. The van der Waals surface area contributed by atoms with Gasteiger partial charge in [0.05, 0.1) is 18.2 Å². The number of hydrogen-bond acceptors (Lipinski definition) is 5. The Bertz CT molecular complexity index is 552. The van der Waals surface area contributed by atoms with Gasteiger partial charge >= 0.3 is 7.12 Å². The van der Waals surface area contributed by atoms with Crippen LogP contribution in [-0.4, -0.2) is 36.2 Å². The third kappa shape index (κ3) is 3.11. The molecule has 0 atom stereocenters. The van der Waals surface area contributed by atoms with Crippen molar-refractivity contribution < 1.29 is 9.31 Å². The topological polar surface area (TPSA) is 94.5 Å². The first-order valence-electron chi connectivity index (χ1n) is 6.71. The zero-order valence-corrected chi connectivity index (χ0v) is 13.0. The van der Waals surface area contributed by atoms with Gasteiger partial charge in [0, 0.05) is 11.7 Å². The standard InChI is InChI=1S/C13H20BN5O2/c1-12(2)13(3,4)21-14(20-12)9-6-7-10(17-8-9)11(15)18-19-16-5/h6-8H,1-5H3,(H2,15,16,18). The number of nitrogens with zero attached hydrogens (tertiary/aromatic N) is 4. The lowest BCUT2D eigenvalue weighted by atomic mass is 9.80. The quantitative estimate of drug-likeness (QED) is 0.296. The monoisotopic (exact) mass is 289 g/mol. The Morgan fingerprint density at radius 3 is 2.29 bits per heavy atom. The largest absolute Gasteiger partial charge is 0.496 e. The molecule has 1 aliphatic rings. The van der Waals surface area contributed by atoms with Gasteiger partial charge in [-0.05, 0) is 39.0 Å². The molecule has 1 aromatic heterocycles. The summed E-state index contributed by atoms with van der Waals surface area (Å²) >= 11 is 0. The van der Waals surface area contributed by atoms with E-state index < -0.39 is 7.12 Å². The third-order valence-electron chi connectivity index (χ3n) is 3.82. The summed E-state index contributed by atoms with van der Waals surface area (Å²) in [6.45, 7) is 8.04. The molecule has 0 aliphatic carbocycles. The molecule has 0 saturated carbocycles. The highest BCUT2D eigenvalue weighted by Gasteiger charge is 2.51. The van der Waals surface area contributed by atoms with Crippen LogP contribution in [0, 0.1) is 0 Å². The lowest BCUT2D eigenvalue weighted by Gasteiger charge is -2.32. The van der Waals surface area contributed by atoms with Crippen LogP contribution in [0.1, 0.15) is 33.4 Å². The normalized spacial score (nSPS) is 21.2. The van der Waals surface area contributed by atoms with E-state index >= 15 is 0 Å². The minimum atomic E-state index is -0.440. The van der Waals surface area contributed by atoms with Crippen molar-refractivity contribution in [2.75, 3.05) is 7.05 Å². The van der Waals surface area contributed by atoms with Gasteiger partial charge in [0.2, 0.25) is 0 Å². The van der Waals surface area contributed by atoms with Crippen molar-refractivity contribution >= 4 is 18.4 Å². The molecule has 0 aromatic carbocycles. The summed E-state index contributed by atoms with van der Waals surface area (Å²) in [6, 6.07) is 3.61. The average molecular weight is 289 g/mol. The third-order valence-corrected chi connectivity index (χ3v) is 3.82. The summed E-state index contributed by atoms with van der Waals surface area (Å²) in [5.74, 6) is 0.209. The number of aromatic nitrogens is 1. The van der Waals surface area contributed by atoms with Crippen molar-refractivity contribution in [2.45, 2.75) is 38.9 Å². The van der Waals surface area contributed by atoms with Crippen molar-refractivity contribution in [3.63, 3.8) is 0 Å². The Labute approximate surface area is 124 Å². The first-order chi connectivity index (χ1) is 9.77. The van der Waals surface area contributed by atoms with Gasteiger partial charge in [-0.25, -0.2) is 0 Å². The fourth-order valence-corrected chi connectivity index (χ4v) is 1.82. The lowest BCUT2D eigenvalue weighted by Crippen LogP contribution is -2.41. The summed E-state index contributed by atoms with van der Waals surface area (Å²) in [4.78, 5) is 4.25. The van der Waals surface area contributed by atoms with Gasteiger partial charge in [0.1, 0.15) is 5.69 Å². The van der Waals surface area contributed by atoms with E-state index in [4.69, 9.17) is 15.0 Å². The first kappa shape index (κ1) is 15.6. The highest BCUT2D eigenvalue weighted by molar-refractivity contribution is 6.62. The van der Waals surface area contributed by atoms with Gasteiger partial charge < -0.3 is 15.0 Å². The van der Waals surface area contributed by atoms with Gasteiger partial charge in [-0.15, -0.1) is 5.10 Å². The molecule has 1 aromatic rings. The second-order valence-corrected chi connectivity index (χ2v) is 5.84. The van der Waals surface area contributed by atoms with Crippen molar-refractivity contribution in [3.8, 4) is 0 Å². The Morgan fingerprint density at radius 2 is 1.81 bits per heavy atom. The second-order valence-electron chi connectivity index (χ2n) is 5.84. The molecule has 2 heterocycles. The van der Waals surface area contributed by atoms with Gasteiger partial charge in [-0.1, -0.05) is 6.07 Å². The minimum absolute atomic E-state index is 0.209. The van der Waals surface area contributed by atoms with Gasteiger partial charge in [-0.3, -0.25) is 4.98 Å². The summed E-state index contributed by atoms with van der Waals surface area (Å²) in [7, 11) is 1.08. The van der Waals surface area contributed by atoms with E-state index in [0.29, 0.717) is 5.69 Å². The molecular formula is C13H20BN5O2. The van der Waals surface area contributed by atoms with E-state index in [1.54, 1.807) is 12.3 Å². The molecule has 1 saturated heterocycles. The van der Waals surface area contributed by atoms with Gasteiger partial charge in [0.15, 0.2) is 5.84 Å². The molecule has 1 fully saturated rings. The van der Waals surface area contributed by atoms with E-state index in [9.17, 15) is 0 Å². The number of pyridine rings is 1. The maximum atomic E-state index is 5.96. The number of amidine groups is 1. The van der Waals surface area contributed by atoms with Gasteiger partial charge in [-0.2, -0.15) is 5.11 Å². The predicted octanol–water partition coefficient (Wildman–Crippen LogP) is 1.08. The first-order valence-corrected chi connectivity index (χ1v) is 6.71. The molecule has 0 radical (unpaired) electrons. The van der Waals surface area contributed by atoms with E-state index in [2.05, 4.69) is 20.4 Å². The summed E-state index contributed by atoms with van der Waals surface area (Å²) in [5, 5.41) is 10.7. The Hall–Kier alpha value is -1.80. The zero-order chi connectivity index (χ0) is 15.7. The van der Waals surface area contributed by atoms with Crippen LogP contribution in [0.5, 0.6) is 0 Å². The molecule has 112 valence electrons. The summed E-state index contributed by atoms with van der Waals surface area (Å²) < 4.78 is 11.9. The molecule has 2 N–H and O–H groups in total. The van der Waals surface area contributed by atoms with Crippen molar-refractivity contribution in [1.29, 1.82) is 0 Å². The SMILES string of the molecule is CN=NN=C(N)c1ccc(B2OC(C)(C)C(C)(C)O2)cn1. The van der Waals surface area contributed by atoms with E-state index in [0.717, 1.165) is 5.46 Å². The number of nitrogens with two attached hydrogens (primary N) is 1. The van der Waals surface area contributed by atoms with E-state index in [1.165, 1.54) is 7.05 Å². The molecule has 8 heteroatoms. The van der Waals surface area contributed by atoms with Crippen LogP contribution in [0.2, 0.25) is 0 Å². The van der Waals surface area contributed by atoms with Gasteiger partial charge in [0.25, 0.3) is 0 Å². The summed E-state index contributed by atoms with van der Waals surface area (Å²) in [6.07, 6.45) is 1.67. The molecule has 0 unspecified atom stereocenters. The second kappa shape index (κ2) is 5.53. The maximum Gasteiger partial charge on any atom is 0.496 e. The zero-order valence-electron chi connectivity index (χ0n) is 13.0. The molecule has 1 aliphatic heterocycles. The fraction of sp³-hybridized carbons (Fsp3) is 0.538. The molecule has 2 rings (SSSR count). The smallest absolute Gasteiger partial charge is 0.399 e. The number of hydrogen-bond donors (Lipinski definition) is 1. The van der Waals surface area contributed by atoms with Crippen molar-refractivity contribution in [1.82, 2.24) is 4.98 Å². The summed E-state index contributed by atoms with van der Waals surface area (Å²) in [5.41, 5.74) is 6.35. The van der Waals surface area contributed by atoms with Crippen LogP contribution < -0.4 is 11.2 Å². The highest BCUT2D eigenvalue weighted by Crippen LogP contribution is 2.36. The predicted molar refractivity (Wildman–Crippen MR) is 81.5 cm³/mol. The minimum Gasteiger partial charge on any atom is -0.399 e. The van der Waals surface area contributed by atoms with Crippen molar-refractivity contribution in [2.24, 2.45) is 21.2 Å². The molecule has 0 bridgehead atoms. The molecular weight excluding hydrogens is 269 g/mol. The molecule has 0 amide bonds. The average Bonchev–Trinajstić information content (AvgIpc) is 2.65. The Morgan fingerprint density at radius 1 is 1.19 bits per heavy atom. The van der Waals surface area contributed by atoms with Crippen LogP contribution in [0.25, 0.3) is 0 Å². The van der Waals surface area contributed by atoms with E-state index in [-0.39, 0.29) is 17.0 Å². The number of rotatable bonds is 3. The van der Waals surface area contributed by atoms with Crippen molar-refractivity contribution in [3.05, 3.63) is 24.0 Å². The highest BCUT2D eigenvalue weighted by atomic mass is 16.7. The van der Waals surface area contributed by atoms with Crippen LogP contribution in [0.3, 0.4) is 0 Å². The lowest BCUT2D eigenvalue weighted by molar-refractivity contribution is 0.00578.